The van der Waals surface area contributed by atoms with E-state index in [-0.39, 0.29) is 6.61 Å². The molecule has 1 N–H and O–H groups in total. The number of hydrogen-bond acceptors (Lipinski definition) is 6. The van der Waals surface area contributed by atoms with Crippen molar-refractivity contribution >= 4 is 11.0 Å². The molecule has 26 heavy (non-hydrogen) atoms. The first-order chi connectivity index (χ1) is 12.7. The van der Waals surface area contributed by atoms with Crippen LogP contribution in [0.5, 0.6) is 11.6 Å². The fraction of sp³-hybridized carbons (Fsp3) is 0.150. The number of fused-ring (bicyclic) bond motifs is 1. The second-order valence-electron chi connectivity index (χ2n) is 5.95. The molecule has 0 aliphatic heterocycles. The van der Waals surface area contributed by atoms with Gasteiger partial charge in [-0.3, -0.25) is 0 Å². The average Bonchev–Trinajstić information content (AvgIpc) is 3.12. The summed E-state index contributed by atoms with van der Waals surface area (Å²) in [5.74, 6) is 1.05. The molecular weight excluding hydrogens is 330 g/mol. The van der Waals surface area contributed by atoms with Crippen LogP contribution in [-0.4, -0.2) is 20.1 Å². The van der Waals surface area contributed by atoms with E-state index in [0.29, 0.717) is 17.2 Å². The third-order valence-electron chi connectivity index (χ3n) is 4.30. The molecule has 3 aromatic heterocycles. The van der Waals surface area contributed by atoms with Gasteiger partial charge in [-0.1, -0.05) is 6.07 Å². The Labute approximate surface area is 150 Å². The largest absolute Gasteiger partial charge is 0.464 e. The average molecular weight is 347 g/mol. The van der Waals surface area contributed by atoms with Crippen LogP contribution in [0.1, 0.15) is 17.0 Å². The van der Waals surface area contributed by atoms with Gasteiger partial charge < -0.3 is 14.3 Å². The maximum atomic E-state index is 9.86. The predicted molar refractivity (Wildman–Crippen MR) is 96.9 cm³/mol. The lowest BCUT2D eigenvalue weighted by Gasteiger charge is -2.14. The fourth-order valence-electron chi connectivity index (χ4n) is 3.05. The van der Waals surface area contributed by atoms with Gasteiger partial charge in [-0.25, -0.2) is 15.0 Å². The Kier molecular flexibility index (Phi) is 4.10. The molecule has 0 saturated heterocycles. The minimum atomic E-state index is -0.121. The molecule has 0 aliphatic rings. The van der Waals surface area contributed by atoms with Crippen LogP contribution >= 0.6 is 0 Å². The molecule has 0 radical (unpaired) electrons. The van der Waals surface area contributed by atoms with Crippen LogP contribution in [0.4, 0.5) is 0 Å². The van der Waals surface area contributed by atoms with Crippen LogP contribution in [0.15, 0.2) is 53.5 Å². The molecule has 0 amide bonds. The maximum Gasteiger partial charge on any atom is 0.230 e. The van der Waals surface area contributed by atoms with Crippen LogP contribution < -0.4 is 4.74 Å². The van der Waals surface area contributed by atoms with E-state index < -0.39 is 0 Å². The van der Waals surface area contributed by atoms with E-state index in [2.05, 4.69) is 15.0 Å². The van der Waals surface area contributed by atoms with Crippen molar-refractivity contribution in [1.82, 2.24) is 15.0 Å². The highest BCUT2D eigenvalue weighted by molar-refractivity contribution is 5.82. The van der Waals surface area contributed by atoms with Crippen LogP contribution in [0.25, 0.3) is 22.1 Å². The van der Waals surface area contributed by atoms with Crippen molar-refractivity contribution < 1.29 is 14.3 Å². The van der Waals surface area contributed by atoms with Gasteiger partial charge in [0, 0.05) is 23.1 Å². The maximum absolute atomic E-state index is 9.86. The third kappa shape index (κ3) is 2.80. The predicted octanol–water partition coefficient (Wildman–Crippen LogP) is 4.19. The van der Waals surface area contributed by atoms with Gasteiger partial charge in [0.05, 0.1) is 18.3 Å². The number of aromatic nitrogens is 3. The zero-order chi connectivity index (χ0) is 18.1. The Morgan fingerprint density at radius 1 is 1.04 bits per heavy atom. The molecule has 0 bridgehead atoms. The Morgan fingerprint density at radius 3 is 2.62 bits per heavy atom. The highest BCUT2D eigenvalue weighted by Gasteiger charge is 2.14. The summed E-state index contributed by atoms with van der Waals surface area (Å²) in [6, 6.07) is 9.16. The number of rotatable bonds is 4. The van der Waals surface area contributed by atoms with Gasteiger partial charge in [-0.05, 0) is 49.2 Å². The first-order valence-corrected chi connectivity index (χ1v) is 8.20. The molecule has 6 heteroatoms. The first-order valence-electron chi connectivity index (χ1n) is 8.20. The number of nitrogens with zero attached hydrogens (tertiary/aromatic N) is 3. The zero-order valence-corrected chi connectivity index (χ0v) is 14.4. The summed E-state index contributed by atoms with van der Waals surface area (Å²) < 4.78 is 11.3. The van der Waals surface area contributed by atoms with E-state index in [4.69, 9.17) is 9.15 Å². The van der Waals surface area contributed by atoms with Crippen LogP contribution in [0.2, 0.25) is 0 Å². The zero-order valence-electron chi connectivity index (χ0n) is 14.4. The van der Waals surface area contributed by atoms with Crippen molar-refractivity contribution in [3.63, 3.8) is 0 Å². The molecule has 0 saturated carbocycles. The summed E-state index contributed by atoms with van der Waals surface area (Å²) in [5, 5.41) is 10.7. The molecule has 0 fully saturated rings. The number of furan rings is 1. The van der Waals surface area contributed by atoms with Gasteiger partial charge in [0.15, 0.2) is 0 Å². The molecule has 130 valence electrons. The van der Waals surface area contributed by atoms with Gasteiger partial charge >= 0.3 is 0 Å². The summed E-state index contributed by atoms with van der Waals surface area (Å²) in [5.41, 5.74) is 5.00. The molecule has 1 aromatic carbocycles. The standard InChI is InChI=1S/C20H17N3O3/c1-12-19(13(2)23-11-22-12)16-4-3-15(9-14(16)10-24)26-20-17-6-8-25-18(17)5-7-21-20/h3-9,11,24H,10H2,1-2H3. The van der Waals surface area contributed by atoms with E-state index in [9.17, 15) is 5.11 Å². The number of aliphatic hydroxyl groups excluding tert-OH is 1. The first kappa shape index (κ1) is 16.2. The number of benzene rings is 1. The summed E-state index contributed by atoms with van der Waals surface area (Å²) in [7, 11) is 0. The molecule has 0 atom stereocenters. The second-order valence-corrected chi connectivity index (χ2v) is 5.95. The number of pyridine rings is 1. The lowest BCUT2D eigenvalue weighted by Crippen LogP contribution is -1.99. The summed E-state index contributed by atoms with van der Waals surface area (Å²) in [6.07, 6.45) is 4.78. The van der Waals surface area contributed by atoms with Crippen molar-refractivity contribution in [1.29, 1.82) is 0 Å². The number of ether oxygens (including phenoxy) is 1. The monoisotopic (exact) mass is 347 g/mol. The lowest BCUT2D eigenvalue weighted by atomic mass is 9.97. The van der Waals surface area contributed by atoms with E-state index >= 15 is 0 Å². The minimum absolute atomic E-state index is 0.121. The molecule has 3 heterocycles. The molecule has 0 unspecified atom stereocenters. The van der Waals surface area contributed by atoms with E-state index in [1.807, 2.05) is 38.1 Å². The van der Waals surface area contributed by atoms with Gasteiger partial charge in [-0.2, -0.15) is 0 Å². The van der Waals surface area contributed by atoms with Crippen LogP contribution in [0, 0.1) is 13.8 Å². The van der Waals surface area contributed by atoms with E-state index in [1.54, 1.807) is 24.9 Å². The van der Waals surface area contributed by atoms with Crippen molar-refractivity contribution in [3.8, 4) is 22.8 Å². The highest BCUT2D eigenvalue weighted by atomic mass is 16.5. The van der Waals surface area contributed by atoms with Crippen molar-refractivity contribution in [2.45, 2.75) is 20.5 Å². The molecular formula is C20H17N3O3. The molecule has 4 aromatic rings. The molecule has 4 rings (SSSR count). The van der Waals surface area contributed by atoms with Gasteiger partial charge in [0.25, 0.3) is 0 Å². The van der Waals surface area contributed by atoms with Crippen molar-refractivity contribution in [2.24, 2.45) is 0 Å². The van der Waals surface area contributed by atoms with Gasteiger partial charge in [-0.15, -0.1) is 0 Å². The number of hydrogen-bond donors (Lipinski definition) is 1. The Morgan fingerprint density at radius 2 is 1.85 bits per heavy atom. The molecule has 0 spiro atoms. The smallest absolute Gasteiger partial charge is 0.230 e. The number of aliphatic hydroxyl groups is 1. The minimum Gasteiger partial charge on any atom is -0.464 e. The number of aryl methyl sites for hydroxylation is 2. The van der Waals surface area contributed by atoms with Crippen LogP contribution in [-0.2, 0) is 6.61 Å². The molecule has 6 nitrogen and oxygen atoms in total. The Hall–Kier alpha value is -3.25. The SMILES string of the molecule is Cc1ncnc(C)c1-c1ccc(Oc2nccc3occc23)cc1CO. The Balaban J connectivity index is 1.75. The summed E-state index contributed by atoms with van der Waals surface area (Å²) >= 11 is 0. The molecule has 0 aliphatic carbocycles. The Bertz CT molecular complexity index is 1070. The van der Waals surface area contributed by atoms with Gasteiger partial charge in [0.1, 0.15) is 17.7 Å². The highest BCUT2D eigenvalue weighted by Crippen LogP contribution is 2.33. The topological polar surface area (TPSA) is 81.3 Å². The van der Waals surface area contributed by atoms with E-state index in [1.165, 1.54) is 0 Å². The quantitative estimate of drug-likeness (QED) is 0.596. The normalized spacial score (nSPS) is 11.0. The van der Waals surface area contributed by atoms with E-state index in [0.717, 1.165) is 33.5 Å². The summed E-state index contributed by atoms with van der Waals surface area (Å²) in [6.45, 7) is 3.74. The van der Waals surface area contributed by atoms with Crippen LogP contribution in [0.3, 0.4) is 0 Å². The lowest BCUT2D eigenvalue weighted by molar-refractivity contribution is 0.282. The second kappa shape index (κ2) is 6.57. The third-order valence-corrected chi connectivity index (χ3v) is 4.30. The summed E-state index contributed by atoms with van der Waals surface area (Å²) in [4.78, 5) is 12.8. The van der Waals surface area contributed by atoms with Crippen molar-refractivity contribution in [2.75, 3.05) is 0 Å². The van der Waals surface area contributed by atoms with Gasteiger partial charge in [0.2, 0.25) is 5.88 Å². The fourth-order valence-corrected chi connectivity index (χ4v) is 3.05. The van der Waals surface area contributed by atoms with Crippen molar-refractivity contribution in [3.05, 3.63) is 66.1 Å².